The molecule has 0 saturated carbocycles. The van der Waals surface area contributed by atoms with Crippen molar-refractivity contribution in [1.82, 2.24) is 9.55 Å². The lowest BCUT2D eigenvalue weighted by Crippen LogP contribution is -2.19. The lowest BCUT2D eigenvalue weighted by atomic mass is 10.0. The molecule has 6 rings (SSSR count). The summed E-state index contributed by atoms with van der Waals surface area (Å²) in [5.74, 6) is 0.592. The van der Waals surface area contributed by atoms with Gasteiger partial charge in [-0.2, -0.15) is 0 Å². The topological polar surface area (TPSA) is 127 Å². The Labute approximate surface area is 258 Å². The van der Waals surface area contributed by atoms with Gasteiger partial charge in [-0.3, -0.25) is 4.79 Å². The van der Waals surface area contributed by atoms with Gasteiger partial charge in [0.25, 0.3) is 5.91 Å². The van der Waals surface area contributed by atoms with E-state index in [4.69, 9.17) is 10.5 Å². The van der Waals surface area contributed by atoms with Crippen molar-refractivity contribution in [3.05, 3.63) is 90.1 Å². The number of nitrogens with zero attached hydrogens (tertiary/aromatic N) is 3. The smallest absolute Gasteiger partial charge is 0.323 e. The predicted octanol–water partition coefficient (Wildman–Crippen LogP) is 7.01. The Morgan fingerprint density at radius 3 is 2.45 bits per heavy atom. The second-order valence-electron chi connectivity index (χ2n) is 10.4. The van der Waals surface area contributed by atoms with Crippen LogP contribution < -0.4 is 31.3 Å². The molecule has 0 aliphatic carbocycles. The quantitative estimate of drug-likeness (QED) is 0.155. The molecule has 3 aromatic heterocycles. The summed E-state index contributed by atoms with van der Waals surface area (Å²) in [5, 5.41) is 12.4. The highest BCUT2D eigenvalue weighted by molar-refractivity contribution is 7.18. The van der Waals surface area contributed by atoms with Crippen LogP contribution in [-0.4, -0.2) is 42.7 Å². The molecule has 0 saturated heterocycles. The highest BCUT2D eigenvalue weighted by Crippen LogP contribution is 2.42. The number of rotatable bonds is 7. The highest BCUT2D eigenvalue weighted by Gasteiger charge is 2.19. The number of nitrogens with one attached hydrogen (secondary N) is 3. The number of pyridine rings is 1. The van der Waals surface area contributed by atoms with E-state index in [9.17, 15) is 9.59 Å². The second kappa shape index (κ2) is 11.6. The number of hydrogen-bond acceptors (Lipinski definition) is 7. The Kier molecular flexibility index (Phi) is 7.54. The third kappa shape index (κ3) is 5.36. The molecule has 3 amide bonds. The minimum Gasteiger partial charge on any atom is -0.495 e. The number of carbonyl (C=O) groups is 2. The van der Waals surface area contributed by atoms with E-state index in [1.807, 2.05) is 103 Å². The largest absolute Gasteiger partial charge is 0.495 e. The Hall–Kier alpha value is -5.55. The number of para-hydroxylation sites is 1. The Bertz CT molecular complexity index is 2030. The van der Waals surface area contributed by atoms with Crippen molar-refractivity contribution in [3.8, 4) is 16.9 Å². The first-order valence-corrected chi connectivity index (χ1v) is 14.7. The maximum atomic E-state index is 13.2. The molecule has 5 N–H and O–H groups in total. The molecule has 0 atom stereocenters. The number of nitrogens with two attached hydrogens (primary N) is 1. The number of nitrogen functional groups attached to an aromatic ring is 1. The van der Waals surface area contributed by atoms with Crippen LogP contribution >= 0.6 is 11.3 Å². The van der Waals surface area contributed by atoms with E-state index >= 15 is 0 Å². The lowest BCUT2D eigenvalue weighted by molar-refractivity contribution is 0.101. The van der Waals surface area contributed by atoms with Crippen LogP contribution in [0.2, 0.25) is 0 Å². The summed E-state index contributed by atoms with van der Waals surface area (Å²) >= 11 is 1.45. The number of hydrogen-bond donors (Lipinski definition) is 4. The van der Waals surface area contributed by atoms with E-state index in [-0.39, 0.29) is 5.91 Å². The molecule has 0 spiro atoms. The van der Waals surface area contributed by atoms with Gasteiger partial charge in [-0.1, -0.05) is 24.3 Å². The van der Waals surface area contributed by atoms with Gasteiger partial charge in [-0.25, -0.2) is 9.78 Å². The average molecular weight is 606 g/mol. The monoisotopic (exact) mass is 605 g/mol. The minimum atomic E-state index is -0.390. The van der Waals surface area contributed by atoms with Crippen LogP contribution in [-0.2, 0) is 7.05 Å². The first-order chi connectivity index (χ1) is 21.2. The molecule has 0 unspecified atom stereocenters. The summed E-state index contributed by atoms with van der Waals surface area (Å²) in [6.45, 7) is 0. The zero-order valence-corrected chi connectivity index (χ0v) is 25.5. The van der Waals surface area contributed by atoms with E-state index in [0.29, 0.717) is 34.3 Å². The van der Waals surface area contributed by atoms with E-state index in [1.165, 1.54) is 11.3 Å². The summed E-state index contributed by atoms with van der Waals surface area (Å²) in [7, 11) is 7.34. The average Bonchev–Trinajstić information content (AvgIpc) is 3.62. The van der Waals surface area contributed by atoms with Crippen molar-refractivity contribution >= 4 is 72.8 Å². The van der Waals surface area contributed by atoms with Crippen LogP contribution in [0.5, 0.6) is 5.75 Å². The van der Waals surface area contributed by atoms with Crippen LogP contribution in [0.15, 0.2) is 84.4 Å². The fourth-order valence-corrected chi connectivity index (χ4v) is 6.20. The predicted molar refractivity (Wildman–Crippen MR) is 180 cm³/mol. The van der Waals surface area contributed by atoms with Gasteiger partial charge in [0.1, 0.15) is 17.3 Å². The lowest BCUT2D eigenvalue weighted by Gasteiger charge is -2.14. The zero-order valence-electron chi connectivity index (χ0n) is 24.6. The van der Waals surface area contributed by atoms with E-state index < -0.39 is 6.03 Å². The summed E-state index contributed by atoms with van der Waals surface area (Å²) in [6.07, 6.45) is 1.55. The van der Waals surface area contributed by atoms with Gasteiger partial charge in [-0.05, 0) is 54.1 Å². The van der Waals surface area contributed by atoms with Crippen molar-refractivity contribution in [1.29, 1.82) is 0 Å². The van der Waals surface area contributed by atoms with Crippen molar-refractivity contribution < 1.29 is 14.3 Å². The van der Waals surface area contributed by atoms with Crippen molar-refractivity contribution in [2.24, 2.45) is 7.05 Å². The summed E-state index contributed by atoms with van der Waals surface area (Å²) in [5.41, 5.74) is 12.3. The molecule has 10 nitrogen and oxygen atoms in total. The number of fused-ring (bicyclic) bond motifs is 2. The van der Waals surface area contributed by atoms with Crippen LogP contribution in [0.1, 0.15) is 10.5 Å². The molecule has 222 valence electrons. The summed E-state index contributed by atoms with van der Waals surface area (Å²) in [6, 6.07) is 22.4. The third-order valence-corrected chi connectivity index (χ3v) is 8.47. The number of aryl methyl sites for hydroxylation is 1. The number of methoxy groups -OCH3 is 1. The standard InChI is InChI=1S/C33H31N7O3S/c1-39(2)22-12-10-21(11-13-22)36-33(42)38-25-17-35-31(34)29-23(18-44-30(25)29)19-9-14-24(28(16-19)43-4)37-32(41)27-15-20-7-5-6-8-26(20)40(27)3/h5-18H,1-4H3,(H2,34,35)(H,37,41)(H2,36,38,42). The molecule has 0 fully saturated rings. The maximum Gasteiger partial charge on any atom is 0.323 e. The number of urea groups is 1. The van der Waals surface area contributed by atoms with E-state index in [0.717, 1.165) is 37.8 Å². The number of carbonyl (C=O) groups excluding carboxylic acids is 2. The molecule has 0 aliphatic rings. The van der Waals surface area contributed by atoms with Gasteiger partial charge in [0.2, 0.25) is 0 Å². The molecular weight excluding hydrogens is 574 g/mol. The van der Waals surface area contributed by atoms with Crippen molar-refractivity contribution in [3.63, 3.8) is 0 Å². The molecule has 11 heteroatoms. The van der Waals surface area contributed by atoms with Gasteiger partial charge < -0.3 is 35.9 Å². The van der Waals surface area contributed by atoms with Crippen molar-refractivity contribution in [2.45, 2.75) is 0 Å². The van der Waals surface area contributed by atoms with E-state index in [1.54, 1.807) is 19.4 Å². The number of anilines is 5. The van der Waals surface area contributed by atoms with Crippen LogP contribution in [0, 0.1) is 0 Å². The van der Waals surface area contributed by atoms with Crippen LogP contribution in [0.4, 0.5) is 33.4 Å². The van der Waals surface area contributed by atoms with Gasteiger partial charge in [-0.15, -0.1) is 11.3 Å². The third-order valence-electron chi connectivity index (χ3n) is 7.46. The number of thiophene rings is 1. The molecule has 0 radical (unpaired) electrons. The van der Waals surface area contributed by atoms with Gasteiger partial charge in [0.05, 0.1) is 29.4 Å². The second-order valence-corrected chi connectivity index (χ2v) is 11.3. The SMILES string of the molecule is COc1cc(-c2csc3c(NC(=O)Nc4ccc(N(C)C)cc4)cnc(N)c23)ccc1NC(=O)c1cc2ccccc2n1C. The van der Waals surface area contributed by atoms with Crippen LogP contribution in [0.25, 0.3) is 32.1 Å². The van der Waals surface area contributed by atoms with Gasteiger partial charge >= 0.3 is 6.03 Å². The molecule has 3 aromatic carbocycles. The van der Waals surface area contributed by atoms with Crippen molar-refractivity contribution in [2.75, 3.05) is 47.8 Å². The fraction of sp³-hybridized carbons (Fsp3) is 0.121. The maximum absolute atomic E-state index is 13.2. The number of benzene rings is 3. The Morgan fingerprint density at radius 1 is 0.955 bits per heavy atom. The molecule has 44 heavy (non-hydrogen) atoms. The van der Waals surface area contributed by atoms with Gasteiger partial charge in [0.15, 0.2) is 0 Å². The number of amides is 3. The Morgan fingerprint density at radius 2 is 1.73 bits per heavy atom. The van der Waals surface area contributed by atoms with Gasteiger partial charge in [0, 0.05) is 59.8 Å². The van der Waals surface area contributed by atoms with E-state index in [2.05, 4.69) is 20.9 Å². The first-order valence-electron chi connectivity index (χ1n) is 13.8. The fourth-order valence-electron chi connectivity index (χ4n) is 5.15. The zero-order chi connectivity index (χ0) is 31.0. The summed E-state index contributed by atoms with van der Waals surface area (Å²) < 4.78 is 8.33. The normalized spacial score (nSPS) is 11.0. The number of aromatic nitrogens is 2. The first kappa shape index (κ1) is 28.6. The molecular formula is C33H31N7O3S. The molecule has 0 bridgehead atoms. The highest BCUT2D eigenvalue weighted by atomic mass is 32.1. The summed E-state index contributed by atoms with van der Waals surface area (Å²) in [4.78, 5) is 32.4. The Balaban J connectivity index is 1.25. The minimum absolute atomic E-state index is 0.244. The molecule has 3 heterocycles. The number of ether oxygens (including phenoxy) is 1. The molecule has 0 aliphatic heterocycles. The van der Waals surface area contributed by atoms with Crippen LogP contribution in [0.3, 0.4) is 0 Å². The molecule has 6 aromatic rings.